The molecule has 0 rings (SSSR count). The van der Waals surface area contributed by atoms with Crippen LogP contribution in [-0.4, -0.2) is 34.2 Å². The zero-order valence-electron chi connectivity index (χ0n) is 7.61. The monoisotopic (exact) mass is 206 g/mol. The number of hydrogen-bond donors (Lipinski definition) is 3. The van der Waals surface area contributed by atoms with Gasteiger partial charge in [0, 0.05) is 5.25 Å². The molecule has 0 bridgehead atoms. The molecule has 0 aromatic heterocycles. The van der Waals surface area contributed by atoms with Crippen molar-refractivity contribution in [2.24, 2.45) is 5.73 Å². The highest BCUT2D eigenvalue weighted by molar-refractivity contribution is 8.00. The Morgan fingerprint density at radius 1 is 1.54 bits per heavy atom. The first-order valence-corrected chi connectivity index (χ1v) is 4.87. The minimum Gasteiger partial charge on any atom is -0.392 e. The van der Waals surface area contributed by atoms with Crippen LogP contribution in [0.3, 0.4) is 0 Å². The number of thioether (sulfide) groups is 1. The zero-order valence-corrected chi connectivity index (χ0v) is 8.43. The minimum absolute atomic E-state index is 0.0429. The summed E-state index contributed by atoms with van der Waals surface area (Å²) in [5.41, 5.74) is 4.73. The highest BCUT2D eigenvalue weighted by Gasteiger charge is 2.12. The van der Waals surface area contributed by atoms with E-state index in [-0.39, 0.29) is 11.0 Å². The number of carbonyl (C=O) groups is 2. The summed E-state index contributed by atoms with van der Waals surface area (Å²) >= 11 is 1.26. The lowest BCUT2D eigenvalue weighted by Gasteiger charge is -2.12. The first kappa shape index (κ1) is 12.2. The number of primary amides is 1. The fourth-order valence-corrected chi connectivity index (χ4v) is 1.28. The van der Waals surface area contributed by atoms with E-state index in [0.717, 1.165) is 0 Å². The third kappa shape index (κ3) is 6.41. The molecule has 0 fully saturated rings. The Kier molecular flexibility index (Phi) is 5.48. The summed E-state index contributed by atoms with van der Waals surface area (Å²) in [5, 5.41) is 11.0. The standard InChI is InChI=1S/C7H14N2O3S/c1-4(10)5(2)13-3-6(11)9-7(8)12/h4-5,10H,3H2,1-2H3,(H3,8,9,11,12). The number of hydrogen-bond acceptors (Lipinski definition) is 4. The summed E-state index contributed by atoms with van der Waals surface area (Å²) in [4.78, 5) is 21.1. The van der Waals surface area contributed by atoms with Gasteiger partial charge in [-0.2, -0.15) is 0 Å². The summed E-state index contributed by atoms with van der Waals surface area (Å²) in [6.45, 7) is 3.44. The second-order valence-electron chi connectivity index (χ2n) is 2.67. The third-order valence-electron chi connectivity index (χ3n) is 1.42. The highest BCUT2D eigenvalue weighted by Crippen LogP contribution is 2.13. The van der Waals surface area contributed by atoms with Gasteiger partial charge in [0.15, 0.2) is 0 Å². The molecule has 0 saturated heterocycles. The molecule has 3 amide bonds. The lowest BCUT2D eigenvalue weighted by molar-refractivity contribution is -0.117. The van der Waals surface area contributed by atoms with E-state index in [9.17, 15) is 9.59 Å². The van der Waals surface area contributed by atoms with Crippen LogP contribution in [0.15, 0.2) is 0 Å². The van der Waals surface area contributed by atoms with E-state index in [1.165, 1.54) is 11.8 Å². The molecular formula is C7H14N2O3S. The number of nitrogens with one attached hydrogen (secondary N) is 1. The summed E-state index contributed by atoms with van der Waals surface area (Å²) in [6, 6.07) is -0.852. The van der Waals surface area contributed by atoms with Crippen molar-refractivity contribution in [2.75, 3.05) is 5.75 Å². The van der Waals surface area contributed by atoms with Crippen molar-refractivity contribution in [1.82, 2.24) is 5.32 Å². The molecule has 0 aliphatic heterocycles. The van der Waals surface area contributed by atoms with E-state index < -0.39 is 18.0 Å². The van der Waals surface area contributed by atoms with Crippen molar-refractivity contribution in [3.63, 3.8) is 0 Å². The molecule has 0 radical (unpaired) electrons. The first-order valence-electron chi connectivity index (χ1n) is 3.82. The topological polar surface area (TPSA) is 92.4 Å². The van der Waals surface area contributed by atoms with E-state index in [2.05, 4.69) is 0 Å². The van der Waals surface area contributed by atoms with Crippen molar-refractivity contribution in [3.8, 4) is 0 Å². The molecule has 0 aliphatic carbocycles. The molecule has 76 valence electrons. The first-order chi connectivity index (χ1) is 5.93. The number of urea groups is 1. The van der Waals surface area contributed by atoms with Gasteiger partial charge in [-0.05, 0) is 6.92 Å². The van der Waals surface area contributed by atoms with Crippen LogP contribution < -0.4 is 11.1 Å². The molecule has 0 aliphatic rings. The molecular weight excluding hydrogens is 192 g/mol. The normalized spacial score (nSPS) is 14.7. The maximum Gasteiger partial charge on any atom is 0.318 e. The van der Waals surface area contributed by atoms with Crippen LogP contribution >= 0.6 is 11.8 Å². The number of nitrogens with two attached hydrogens (primary N) is 1. The van der Waals surface area contributed by atoms with Gasteiger partial charge in [-0.15, -0.1) is 11.8 Å². The summed E-state index contributed by atoms with van der Waals surface area (Å²) in [5.74, 6) is -0.320. The number of aliphatic hydroxyl groups is 1. The second-order valence-corrected chi connectivity index (χ2v) is 4.03. The molecule has 0 heterocycles. The number of rotatable bonds is 4. The van der Waals surface area contributed by atoms with Gasteiger partial charge < -0.3 is 10.8 Å². The van der Waals surface area contributed by atoms with Crippen LogP contribution in [0, 0.1) is 0 Å². The van der Waals surface area contributed by atoms with Crippen molar-refractivity contribution in [1.29, 1.82) is 0 Å². The molecule has 0 spiro atoms. The van der Waals surface area contributed by atoms with E-state index in [1.54, 1.807) is 13.8 Å². The maximum atomic E-state index is 10.9. The van der Waals surface area contributed by atoms with Crippen LogP contribution in [0.4, 0.5) is 4.79 Å². The molecule has 5 nitrogen and oxygen atoms in total. The fraction of sp³-hybridized carbons (Fsp3) is 0.714. The lowest BCUT2D eigenvalue weighted by Crippen LogP contribution is -2.36. The zero-order chi connectivity index (χ0) is 10.4. The molecule has 0 saturated carbocycles. The van der Waals surface area contributed by atoms with Gasteiger partial charge in [0.25, 0.3) is 0 Å². The van der Waals surface area contributed by atoms with Gasteiger partial charge in [0.05, 0.1) is 11.9 Å². The van der Waals surface area contributed by atoms with Gasteiger partial charge in [-0.25, -0.2) is 4.79 Å². The molecule has 6 heteroatoms. The number of amides is 3. The average Bonchev–Trinajstić information content (AvgIpc) is 1.98. The Bertz CT molecular complexity index is 196. The molecule has 2 unspecified atom stereocenters. The third-order valence-corrected chi connectivity index (χ3v) is 2.77. The molecule has 4 N–H and O–H groups in total. The second kappa shape index (κ2) is 5.82. The van der Waals surface area contributed by atoms with Gasteiger partial charge >= 0.3 is 6.03 Å². The van der Waals surface area contributed by atoms with Crippen molar-refractivity contribution >= 4 is 23.7 Å². The quantitative estimate of drug-likeness (QED) is 0.588. The van der Waals surface area contributed by atoms with Crippen molar-refractivity contribution in [2.45, 2.75) is 25.2 Å². The molecule has 13 heavy (non-hydrogen) atoms. The Morgan fingerprint density at radius 3 is 2.46 bits per heavy atom. The molecule has 2 atom stereocenters. The SMILES string of the molecule is CC(O)C(C)SCC(=O)NC(N)=O. The predicted octanol–water partition coefficient (Wildman–Crippen LogP) is -0.316. The lowest BCUT2D eigenvalue weighted by atomic mass is 10.3. The number of carbonyl (C=O) groups excluding carboxylic acids is 2. The van der Waals surface area contributed by atoms with E-state index in [1.807, 2.05) is 5.32 Å². The maximum absolute atomic E-state index is 10.9. The summed E-state index contributed by atoms with van der Waals surface area (Å²) < 4.78 is 0. The van der Waals surface area contributed by atoms with E-state index >= 15 is 0 Å². The minimum atomic E-state index is -0.852. The van der Waals surface area contributed by atoms with Gasteiger partial charge in [-0.1, -0.05) is 6.92 Å². The Morgan fingerprint density at radius 2 is 2.08 bits per heavy atom. The van der Waals surface area contributed by atoms with Crippen molar-refractivity contribution < 1.29 is 14.7 Å². The predicted molar refractivity (Wildman–Crippen MR) is 51.3 cm³/mol. The fourth-order valence-electron chi connectivity index (χ4n) is 0.520. The highest BCUT2D eigenvalue weighted by atomic mass is 32.2. The van der Waals surface area contributed by atoms with Crippen LogP contribution in [0.2, 0.25) is 0 Å². The summed E-state index contributed by atoms with van der Waals surface area (Å²) in [6.07, 6.45) is -0.480. The smallest absolute Gasteiger partial charge is 0.318 e. The van der Waals surface area contributed by atoms with Crippen LogP contribution in [0.1, 0.15) is 13.8 Å². The summed E-state index contributed by atoms with van der Waals surface area (Å²) in [7, 11) is 0. The van der Waals surface area contributed by atoms with Gasteiger partial charge in [0.2, 0.25) is 5.91 Å². The van der Waals surface area contributed by atoms with E-state index in [4.69, 9.17) is 10.8 Å². The Balaban J connectivity index is 3.64. The molecule has 0 aromatic carbocycles. The van der Waals surface area contributed by atoms with Crippen LogP contribution in [-0.2, 0) is 4.79 Å². The Hall–Kier alpha value is -0.750. The number of imide groups is 1. The number of aliphatic hydroxyl groups excluding tert-OH is 1. The average molecular weight is 206 g/mol. The molecule has 0 aromatic rings. The van der Waals surface area contributed by atoms with Crippen LogP contribution in [0.5, 0.6) is 0 Å². The Labute approximate surface area is 81.1 Å². The van der Waals surface area contributed by atoms with Gasteiger partial charge in [0.1, 0.15) is 0 Å². The largest absolute Gasteiger partial charge is 0.392 e. The van der Waals surface area contributed by atoms with Crippen LogP contribution in [0.25, 0.3) is 0 Å². The van der Waals surface area contributed by atoms with E-state index in [0.29, 0.717) is 0 Å². The van der Waals surface area contributed by atoms with Gasteiger partial charge in [-0.3, -0.25) is 10.1 Å². The van der Waals surface area contributed by atoms with Crippen molar-refractivity contribution in [3.05, 3.63) is 0 Å².